The van der Waals surface area contributed by atoms with Gasteiger partial charge >= 0.3 is 23.9 Å². The molecule has 0 aliphatic carbocycles. The Balaban J connectivity index is 4.83. The third-order valence-corrected chi connectivity index (χ3v) is 3.91. The third kappa shape index (κ3) is 12.9. The first-order chi connectivity index (χ1) is 12.8. The van der Waals surface area contributed by atoms with Crippen molar-refractivity contribution in [2.75, 3.05) is 13.1 Å². The van der Waals surface area contributed by atoms with Crippen molar-refractivity contribution < 1.29 is 34.1 Å². The van der Waals surface area contributed by atoms with E-state index in [9.17, 15) is 19.2 Å². The number of carboxylic acids is 2. The lowest BCUT2D eigenvalue weighted by molar-refractivity contribution is -0.163. The second-order valence-corrected chi connectivity index (χ2v) is 6.33. The van der Waals surface area contributed by atoms with E-state index in [1.54, 1.807) is 0 Å². The molecule has 0 aromatic heterocycles. The molecular weight excluding hydrogens is 356 g/mol. The number of hydrogen-bond acceptors (Lipinski definition) is 7. The summed E-state index contributed by atoms with van der Waals surface area (Å²) in [5, 5.41) is 23.5. The lowest BCUT2D eigenvalue weighted by atomic mass is 10.1. The number of rotatable bonds is 16. The molecule has 0 fully saturated rings. The Bertz CT molecular complexity index is 440. The van der Waals surface area contributed by atoms with Gasteiger partial charge in [-0.05, 0) is 38.8 Å². The molecule has 4 N–H and O–H groups in total. The number of unbranched alkanes of at least 4 members (excludes halogenated alkanes) is 2. The lowest BCUT2D eigenvalue weighted by Crippen LogP contribution is -2.44. The molecule has 9 heteroatoms. The van der Waals surface area contributed by atoms with Crippen molar-refractivity contribution in [3.8, 4) is 0 Å². The van der Waals surface area contributed by atoms with E-state index in [0.717, 1.165) is 25.7 Å². The molecule has 0 amide bonds. The van der Waals surface area contributed by atoms with Crippen molar-refractivity contribution in [2.45, 2.75) is 77.3 Å². The molecular formula is C18H32N2O7. The van der Waals surface area contributed by atoms with Crippen LogP contribution in [0.25, 0.3) is 0 Å². The van der Waals surface area contributed by atoms with Crippen LogP contribution in [-0.2, 0) is 23.9 Å². The maximum atomic E-state index is 12.3. The van der Waals surface area contributed by atoms with Crippen LogP contribution in [0.3, 0.4) is 0 Å². The predicted molar refractivity (Wildman–Crippen MR) is 98.2 cm³/mol. The Kier molecular flexibility index (Phi) is 14.0. The Morgan fingerprint density at radius 2 is 1.15 bits per heavy atom. The summed E-state index contributed by atoms with van der Waals surface area (Å²) in [6.45, 7) is 4.96. The first kappa shape index (κ1) is 25.0. The molecule has 0 saturated carbocycles. The van der Waals surface area contributed by atoms with Gasteiger partial charge in [0, 0.05) is 12.8 Å². The summed E-state index contributed by atoms with van der Waals surface area (Å²) in [4.78, 5) is 46.1. The topological polar surface area (TPSA) is 142 Å². The second-order valence-electron chi connectivity index (χ2n) is 6.33. The highest BCUT2D eigenvalue weighted by atomic mass is 16.6. The number of aliphatic carboxylic acids is 2. The smallest absolute Gasteiger partial charge is 0.330 e. The van der Waals surface area contributed by atoms with Gasteiger partial charge in [-0.25, -0.2) is 9.59 Å². The summed E-state index contributed by atoms with van der Waals surface area (Å²) < 4.78 is 4.91. The number of carbonyl (C=O) groups excluding carboxylic acids is 2. The number of esters is 2. The normalized spacial score (nSPS) is 13.0. The van der Waals surface area contributed by atoms with Crippen molar-refractivity contribution >= 4 is 23.9 Å². The molecule has 0 rings (SSSR count). The first-order valence-corrected chi connectivity index (χ1v) is 9.47. The average Bonchev–Trinajstić information content (AvgIpc) is 2.60. The average molecular weight is 388 g/mol. The molecule has 0 spiro atoms. The van der Waals surface area contributed by atoms with E-state index in [0.29, 0.717) is 13.1 Å². The zero-order valence-electron chi connectivity index (χ0n) is 16.2. The van der Waals surface area contributed by atoms with Crippen LogP contribution >= 0.6 is 0 Å². The molecule has 0 saturated heterocycles. The van der Waals surface area contributed by atoms with Crippen LogP contribution in [0.4, 0.5) is 0 Å². The second kappa shape index (κ2) is 15.1. The standard InChI is InChI=1S/C18H32N2O7/c1-3-5-11-19-13(7-9-15(21)22)17(25)27-18(26)14(8-10-16(23)24)20-12-6-4-2/h13-14,19-20H,3-12H2,1-2H3,(H,21,22)(H,23,24). The van der Waals surface area contributed by atoms with Gasteiger partial charge in [0.15, 0.2) is 0 Å². The summed E-state index contributed by atoms with van der Waals surface area (Å²) in [5.74, 6) is -3.76. The molecule has 0 aromatic carbocycles. The minimum Gasteiger partial charge on any atom is -0.481 e. The zero-order valence-corrected chi connectivity index (χ0v) is 16.2. The van der Waals surface area contributed by atoms with Gasteiger partial charge in [-0.15, -0.1) is 0 Å². The fourth-order valence-corrected chi connectivity index (χ4v) is 2.29. The van der Waals surface area contributed by atoms with Crippen LogP contribution in [-0.4, -0.2) is 59.3 Å². The number of ether oxygens (including phenoxy) is 1. The van der Waals surface area contributed by atoms with Gasteiger partial charge in [-0.2, -0.15) is 0 Å². The van der Waals surface area contributed by atoms with Crippen molar-refractivity contribution in [1.82, 2.24) is 10.6 Å². The van der Waals surface area contributed by atoms with Gasteiger partial charge in [-0.1, -0.05) is 26.7 Å². The van der Waals surface area contributed by atoms with E-state index in [1.165, 1.54) is 0 Å². The molecule has 27 heavy (non-hydrogen) atoms. The van der Waals surface area contributed by atoms with E-state index < -0.39 is 36.0 Å². The highest BCUT2D eigenvalue weighted by molar-refractivity contribution is 5.91. The minimum atomic E-state index is -1.04. The number of carboxylic acid groups (broad SMARTS) is 2. The van der Waals surface area contributed by atoms with E-state index in [4.69, 9.17) is 14.9 Å². The summed E-state index contributed by atoms with van der Waals surface area (Å²) in [7, 11) is 0. The van der Waals surface area contributed by atoms with Crippen LogP contribution in [0, 0.1) is 0 Å². The number of carbonyl (C=O) groups is 4. The highest BCUT2D eigenvalue weighted by Crippen LogP contribution is 2.06. The fraction of sp³-hybridized carbons (Fsp3) is 0.778. The molecule has 0 aromatic rings. The SMILES string of the molecule is CCCCNC(CCC(=O)O)C(=O)OC(=O)C(CCC(=O)O)NCCCC. The maximum Gasteiger partial charge on any atom is 0.330 e. The van der Waals surface area contributed by atoms with E-state index in [1.807, 2.05) is 13.8 Å². The van der Waals surface area contributed by atoms with E-state index >= 15 is 0 Å². The van der Waals surface area contributed by atoms with Crippen LogP contribution in [0.1, 0.15) is 65.2 Å². The number of hydrogen-bond donors (Lipinski definition) is 4. The van der Waals surface area contributed by atoms with Crippen LogP contribution in [0.15, 0.2) is 0 Å². The van der Waals surface area contributed by atoms with Crippen molar-refractivity contribution in [1.29, 1.82) is 0 Å². The van der Waals surface area contributed by atoms with Gasteiger partial charge in [0.05, 0.1) is 0 Å². The van der Waals surface area contributed by atoms with Crippen LogP contribution in [0.5, 0.6) is 0 Å². The largest absolute Gasteiger partial charge is 0.481 e. The van der Waals surface area contributed by atoms with Gasteiger partial charge in [0.2, 0.25) is 0 Å². The Labute approximate surface area is 159 Å². The van der Waals surface area contributed by atoms with Crippen molar-refractivity contribution in [3.05, 3.63) is 0 Å². The summed E-state index contributed by atoms with van der Waals surface area (Å²) in [6, 6.07) is -1.79. The lowest BCUT2D eigenvalue weighted by Gasteiger charge is -2.19. The molecule has 156 valence electrons. The summed E-state index contributed by atoms with van der Waals surface area (Å²) in [6.07, 6.45) is 2.93. The van der Waals surface area contributed by atoms with Gasteiger partial charge in [0.25, 0.3) is 0 Å². The molecule has 0 aliphatic heterocycles. The summed E-state index contributed by atoms with van der Waals surface area (Å²) >= 11 is 0. The van der Waals surface area contributed by atoms with Gasteiger partial charge in [0.1, 0.15) is 12.1 Å². The molecule has 0 heterocycles. The molecule has 0 bridgehead atoms. The molecule has 9 nitrogen and oxygen atoms in total. The Morgan fingerprint density at radius 3 is 1.44 bits per heavy atom. The molecule has 0 aliphatic rings. The molecule has 2 atom stereocenters. The quantitative estimate of drug-likeness (QED) is 0.175. The van der Waals surface area contributed by atoms with Crippen molar-refractivity contribution in [2.24, 2.45) is 0 Å². The van der Waals surface area contributed by atoms with Gasteiger partial charge in [-0.3, -0.25) is 9.59 Å². The zero-order chi connectivity index (χ0) is 20.7. The van der Waals surface area contributed by atoms with Crippen molar-refractivity contribution in [3.63, 3.8) is 0 Å². The van der Waals surface area contributed by atoms with Crippen LogP contribution in [0.2, 0.25) is 0 Å². The third-order valence-electron chi connectivity index (χ3n) is 3.91. The number of nitrogens with one attached hydrogen (secondary N) is 2. The van der Waals surface area contributed by atoms with E-state index in [2.05, 4.69) is 10.6 Å². The maximum absolute atomic E-state index is 12.3. The highest BCUT2D eigenvalue weighted by Gasteiger charge is 2.27. The van der Waals surface area contributed by atoms with Crippen LogP contribution < -0.4 is 10.6 Å². The molecule has 2 unspecified atom stereocenters. The minimum absolute atomic E-state index is 0.00815. The fourth-order valence-electron chi connectivity index (χ4n) is 2.29. The summed E-state index contributed by atoms with van der Waals surface area (Å²) in [5.41, 5.74) is 0. The Morgan fingerprint density at radius 1 is 0.778 bits per heavy atom. The predicted octanol–water partition coefficient (Wildman–Crippen LogP) is 1.30. The first-order valence-electron chi connectivity index (χ1n) is 9.47. The molecule has 0 radical (unpaired) electrons. The van der Waals surface area contributed by atoms with Gasteiger partial charge < -0.3 is 25.6 Å². The van der Waals surface area contributed by atoms with E-state index in [-0.39, 0.29) is 25.7 Å². The Hall–Kier alpha value is -2.00. The monoisotopic (exact) mass is 388 g/mol.